The maximum Gasteiger partial charge on any atom is 0.149 e. The second-order valence-corrected chi connectivity index (χ2v) is 15.7. The summed E-state index contributed by atoms with van der Waals surface area (Å²) in [6.07, 6.45) is 2.01. The third-order valence-corrected chi connectivity index (χ3v) is 11.1. The number of hydrogen-bond donors (Lipinski definition) is 1. The van der Waals surface area contributed by atoms with Crippen molar-refractivity contribution in [2.24, 2.45) is 0 Å². The molecule has 57 heavy (non-hydrogen) atoms. The maximum absolute atomic E-state index is 11.3. The molecule has 1 N–H and O–H groups in total. The molecule has 0 saturated heterocycles. The number of aromatic hydroxyl groups is 1. The van der Waals surface area contributed by atoms with Crippen molar-refractivity contribution in [1.29, 1.82) is 0 Å². The fraction of sp³-hybridized carbons (Fsp3) is 0.0769. The standard InChI is InChI=1S/C52H40N4O/c1-52(2,3)37-28-29-46(42(31-37)34-16-6-4-7-17-34)56-47-26-15-24-39(50(47)54-51(56)41-23-11-13-27-49(41)57)35-18-14-19-36(30-35)44-32-48-43(33-53-44)40-22-10-12-25-45(40)55(48)38-20-8-5-9-21-38/h4-33,57H,1-3H3. The van der Waals surface area contributed by atoms with Crippen LogP contribution in [0.5, 0.6) is 5.75 Å². The fourth-order valence-corrected chi connectivity index (χ4v) is 8.19. The predicted octanol–water partition coefficient (Wildman–Crippen LogP) is 13.2. The molecule has 0 aliphatic carbocycles. The molecule has 0 radical (unpaired) electrons. The van der Waals surface area contributed by atoms with E-state index in [0.29, 0.717) is 11.4 Å². The van der Waals surface area contributed by atoms with Crippen molar-refractivity contribution >= 4 is 32.8 Å². The van der Waals surface area contributed by atoms with Crippen LogP contribution in [0.2, 0.25) is 0 Å². The van der Waals surface area contributed by atoms with E-state index in [-0.39, 0.29) is 11.2 Å². The highest BCUT2D eigenvalue weighted by Crippen LogP contribution is 2.42. The lowest BCUT2D eigenvalue weighted by Gasteiger charge is -2.23. The van der Waals surface area contributed by atoms with E-state index in [9.17, 15) is 5.11 Å². The summed E-state index contributed by atoms with van der Waals surface area (Å²) in [4.78, 5) is 10.4. The fourth-order valence-electron chi connectivity index (χ4n) is 8.19. The number of nitrogens with zero attached hydrogens (tertiary/aromatic N) is 4. The smallest absolute Gasteiger partial charge is 0.149 e. The second kappa shape index (κ2) is 13.5. The number of benzene rings is 7. The van der Waals surface area contributed by atoms with Crippen molar-refractivity contribution in [2.75, 3.05) is 0 Å². The molecular formula is C52H40N4O. The number of imidazole rings is 1. The average Bonchev–Trinajstić information content (AvgIpc) is 3.80. The van der Waals surface area contributed by atoms with Gasteiger partial charge >= 0.3 is 0 Å². The molecule has 274 valence electrons. The van der Waals surface area contributed by atoms with E-state index in [0.717, 1.165) is 72.3 Å². The number of rotatable bonds is 6. The number of para-hydroxylation sites is 4. The van der Waals surface area contributed by atoms with Crippen LogP contribution in [0, 0.1) is 0 Å². The highest BCUT2D eigenvalue weighted by atomic mass is 16.3. The van der Waals surface area contributed by atoms with Gasteiger partial charge in [0.1, 0.15) is 11.6 Å². The average molecular weight is 737 g/mol. The maximum atomic E-state index is 11.3. The van der Waals surface area contributed by atoms with E-state index in [1.807, 2.05) is 30.5 Å². The molecule has 0 aliphatic heterocycles. The first-order valence-corrected chi connectivity index (χ1v) is 19.4. The van der Waals surface area contributed by atoms with Gasteiger partial charge in [-0.1, -0.05) is 136 Å². The molecule has 0 unspecified atom stereocenters. The minimum Gasteiger partial charge on any atom is -0.507 e. The summed E-state index contributed by atoms with van der Waals surface area (Å²) in [5.41, 5.74) is 14.2. The van der Waals surface area contributed by atoms with Gasteiger partial charge in [-0.05, 0) is 82.8 Å². The van der Waals surface area contributed by atoms with Crippen LogP contribution in [0.15, 0.2) is 182 Å². The molecule has 7 aromatic carbocycles. The topological polar surface area (TPSA) is 55.9 Å². The number of phenols is 1. The minimum atomic E-state index is -0.0463. The Kier molecular flexibility index (Phi) is 8.12. The molecule has 0 fully saturated rings. The van der Waals surface area contributed by atoms with Crippen LogP contribution in [0.4, 0.5) is 0 Å². The van der Waals surface area contributed by atoms with Gasteiger partial charge in [-0.3, -0.25) is 9.55 Å². The van der Waals surface area contributed by atoms with Crippen molar-refractivity contribution in [3.05, 3.63) is 188 Å². The summed E-state index contributed by atoms with van der Waals surface area (Å²) in [6, 6.07) is 60.9. The molecule has 5 heteroatoms. The third-order valence-electron chi connectivity index (χ3n) is 11.1. The Balaban J connectivity index is 1.17. The summed E-state index contributed by atoms with van der Waals surface area (Å²) in [5.74, 6) is 0.854. The molecule has 10 aromatic rings. The zero-order valence-corrected chi connectivity index (χ0v) is 32.1. The first-order chi connectivity index (χ1) is 27.8. The van der Waals surface area contributed by atoms with Gasteiger partial charge in [0.15, 0.2) is 0 Å². The summed E-state index contributed by atoms with van der Waals surface area (Å²) < 4.78 is 4.54. The lowest BCUT2D eigenvalue weighted by molar-refractivity contribution is 0.477. The van der Waals surface area contributed by atoms with E-state index < -0.39 is 0 Å². The van der Waals surface area contributed by atoms with Gasteiger partial charge in [-0.25, -0.2) is 4.98 Å². The molecule has 10 rings (SSSR count). The molecule has 0 aliphatic rings. The molecule has 5 nitrogen and oxygen atoms in total. The SMILES string of the molecule is CC(C)(C)c1ccc(-n2c(-c3ccccc3O)nc3c(-c4cccc(-c5cc6c(cn5)c5ccccc5n6-c5ccccc5)c4)cccc32)c(-c2ccccc2)c1. The Bertz CT molecular complexity index is 3110. The van der Waals surface area contributed by atoms with Crippen LogP contribution in [-0.2, 0) is 5.41 Å². The van der Waals surface area contributed by atoms with Gasteiger partial charge in [0, 0.05) is 39.3 Å². The first kappa shape index (κ1) is 34.3. The van der Waals surface area contributed by atoms with Gasteiger partial charge in [0.25, 0.3) is 0 Å². The molecule has 0 saturated carbocycles. The van der Waals surface area contributed by atoms with E-state index in [1.165, 1.54) is 10.9 Å². The molecule has 0 bridgehead atoms. The zero-order chi connectivity index (χ0) is 38.7. The van der Waals surface area contributed by atoms with Gasteiger partial charge in [-0.15, -0.1) is 0 Å². The molecule has 3 aromatic heterocycles. The summed E-state index contributed by atoms with van der Waals surface area (Å²) in [7, 11) is 0. The lowest BCUT2D eigenvalue weighted by atomic mass is 9.85. The Morgan fingerprint density at radius 2 is 1.16 bits per heavy atom. The molecule has 0 atom stereocenters. The van der Waals surface area contributed by atoms with Gasteiger partial charge in [0.2, 0.25) is 0 Å². The first-order valence-electron chi connectivity index (χ1n) is 19.4. The Labute approximate surface area is 331 Å². The zero-order valence-electron chi connectivity index (χ0n) is 32.1. The summed E-state index contributed by atoms with van der Waals surface area (Å²) in [6.45, 7) is 6.73. The Morgan fingerprint density at radius 3 is 1.96 bits per heavy atom. The van der Waals surface area contributed by atoms with Gasteiger partial charge < -0.3 is 9.67 Å². The predicted molar refractivity (Wildman–Crippen MR) is 235 cm³/mol. The van der Waals surface area contributed by atoms with Crippen molar-refractivity contribution in [1.82, 2.24) is 19.1 Å². The Morgan fingerprint density at radius 1 is 0.491 bits per heavy atom. The molecule has 0 amide bonds. The number of fused-ring (bicyclic) bond motifs is 4. The number of aromatic nitrogens is 4. The van der Waals surface area contributed by atoms with Crippen LogP contribution in [0.25, 0.3) is 89.1 Å². The van der Waals surface area contributed by atoms with E-state index in [2.05, 4.69) is 175 Å². The van der Waals surface area contributed by atoms with E-state index in [4.69, 9.17) is 9.97 Å². The number of phenolic OH excluding ortho intramolecular Hbond substituents is 1. The largest absolute Gasteiger partial charge is 0.507 e. The summed E-state index contributed by atoms with van der Waals surface area (Å²) in [5, 5.41) is 13.6. The molecule has 3 heterocycles. The highest BCUT2D eigenvalue weighted by Gasteiger charge is 2.24. The van der Waals surface area contributed by atoms with E-state index in [1.54, 1.807) is 6.07 Å². The summed E-state index contributed by atoms with van der Waals surface area (Å²) >= 11 is 0. The van der Waals surface area contributed by atoms with E-state index >= 15 is 0 Å². The minimum absolute atomic E-state index is 0.0463. The third kappa shape index (κ3) is 5.87. The quantitative estimate of drug-likeness (QED) is 0.185. The number of hydrogen-bond acceptors (Lipinski definition) is 3. The van der Waals surface area contributed by atoms with Crippen molar-refractivity contribution in [2.45, 2.75) is 26.2 Å². The molecular weight excluding hydrogens is 697 g/mol. The highest BCUT2D eigenvalue weighted by molar-refractivity contribution is 6.09. The van der Waals surface area contributed by atoms with Crippen molar-refractivity contribution in [3.8, 4) is 62.0 Å². The lowest BCUT2D eigenvalue weighted by Crippen LogP contribution is -2.12. The van der Waals surface area contributed by atoms with Gasteiger partial charge in [-0.2, -0.15) is 0 Å². The normalized spacial score (nSPS) is 11.8. The second-order valence-electron chi connectivity index (χ2n) is 15.7. The van der Waals surface area contributed by atoms with Crippen molar-refractivity contribution in [3.63, 3.8) is 0 Å². The monoisotopic (exact) mass is 736 g/mol. The van der Waals surface area contributed by atoms with Crippen LogP contribution in [0.3, 0.4) is 0 Å². The van der Waals surface area contributed by atoms with Crippen LogP contribution in [-0.4, -0.2) is 24.2 Å². The number of pyridine rings is 1. The van der Waals surface area contributed by atoms with Crippen molar-refractivity contribution < 1.29 is 5.11 Å². The van der Waals surface area contributed by atoms with Gasteiger partial charge in [0.05, 0.1) is 39.0 Å². The van der Waals surface area contributed by atoms with Crippen LogP contribution >= 0.6 is 0 Å². The molecule has 0 spiro atoms. The Hall–Kier alpha value is -7.24. The van der Waals surface area contributed by atoms with Crippen LogP contribution < -0.4 is 0 Å². The van der Waals surface area contributed by atoms with Crippen LogP contribution in [0.1, 0.15) is 26.3 Å².